The van der Waals surface area contributed by atoms with Crippen LogP contribution in [0.1, 0.15) is 0 Å². The molecule has 0 aliphatic heterocycles. The molecule has 0 aliphatic carbocycles. The molecule has 0 spiro atoms. The summed E-state index contributed by atoms with van der Waals surface area (Å²) in [7, 11) is 0. The van der Waals surface area contributed by atoms with Crippen LogP contribution in [-0.4, -0.2) is 15.5 Å². The zero-order chi connectivity index (χ0) is 13.9. The third kappa shape index (κ3) is 2.46. The zero-order valence-corrected chi connectivity index (χ0v) is 11.2. The van der Waals surface area contributed by atoms with E-state index in [-0.39, 0.29) is 12.1 Å². The fourth-order valence-corrected chi connectivity index (χ4v) is 2.52. The maximum absolute atomic E-state index is 12.1. The molecule has 0 N–H and O–H groups in total. The lowest BCUT2D eigenvalue weighted by Crippen LogP contribution is -2.26. The normalized spacial score (nSPS) is 10.6. The van der Waals surface area contributed by atoms with Gasteiger partial charge < -0.3 is 4.74 Å². The van der Waals surface area contributed by atoms with Gasteiger partial charge in [-0.05, 0) is 23.6 Å². The van der Waals surface area contributed by atoms with E-state index >= 15 is 0 Å². The first-order valence-electron chi connectivity index (χ1n) is 5.92. The molecule has 0 fully saturated rings. The fourth-order valence-electron chi connectivity index (χ4n) is 1.80. The van der Waals surface area contributed by atoms with Crippen molar-refractivity contribution < 1.29 is 9.53 Å². The monoisotopic (exact) mass is 286 g/mol. The summed E-state index contributed by atoms with van der Waals surface area (Å²) < 4.78 is 6.39. The van der Waals surface area contributed by atoms with Crippen molar-refractivity contribution in [2.24, 2.45) is 0 Å². The Labute approximate surface area is 118 Å². The van der Waals surface area contributed by atoms with Crippen molar-refractivity contribution in [2.75, 3.05) is 0 Å². The van der Waals surface area contributed by atoms with Crippen LogP contribution in [0.4, 0.5) is 0 Å². The van der Waals surface area contributed by atoms with Crippen LogP contribution in [0.2, 0.25) is 0 Å². The molecule has 0 unspecified atom stereocenters. The van der Waals surface area contributed by atoms with E-state index < -0.39 is 5.97 Å². The summed E-state index contributed by atoms with van der Waals surface area (Å²) in [6.07, 6.45) is 1.37. The van der Waals surface area contributed by atoms with Crippen LogP contribution in [0, 0.1) is 0 Å². The molecule has 0 radical (unpaired) electrons. The second-order valence-corrected chi connectivity index (χ2v) is 5.00. The summed E-state index contributed by atoms with van der Waals surface area (Å²) in [4.78, 5) is 28.7. The average Bonchev–Trinajstić information content (AvgIpc) is 2.92. The van der Waals surface area contributed by atoms with Gasteiger partial charge in [0.2, 0.25) is 0 Å². The first kappa shape index (κ1) is 12.6. The summed E-state index contributed by atoms with van der Waals surface area (Å²) in [6, 6.07) is 10.4. The molecular weight excluding hydrogens is 276 g/mol. The van der Waals surface area contributed by atoms with Gasteiger partial charge in [-0.15, -0.1) is 11.3 Å². The van der Waals surface area contributed by atoms with E-state index in [0.29, 0.717) is 16.0 Å². The molecule has 1 aromatic carbocycles. The predicted octanol–water partition coefficient (Wildman–Crippen LogP) is 2.06. The highest BCUT2D eigenvalue weighted by Gasteiger charge is 2.10. The van der Waals surface area contributed by atoms with Crippen LogP contribution in [0.25, 0.3) is 10.2 Å². The Morgan fingerprint density at radius 3 is 2.85 bits per heavy atom. The first-order valence-corrected chi connectivity index (χ1v) is 6.80. The van der Waals surface area contributed by atoms with E-state index in [1.165, 1.54) is 22.2 Å². The van der Waals surface area contributed by atoms with Crippen LogP contribution >= 0.6 is 11.3 Å². The minimum Gasteiger partial charge on any atom is -0.425 e. The molecule has 2 aromatic heterocycles. The van der Waals surface area contributed by atoms with Crippen molar-refractivity contribution in [3.63, 3.8) is 0 Å². The van der Waals surface area contributed by atoms with Crippen molar-refractivity contribution in [1.82, 2.24) is 9.55 Å². The van der Waals surface area contributed by atoms with Crippen molar-refractivity contribution in [3.8, 4) is 5.75 Å². The highest BCUT2D eigenvalue weighted by Crippen LogP contribution is 2.13. The number of fused-ring (bicyclic) bond motifs is 1. The van der Waals surface area contributed by atoms with Gasteiger partial charge in [0.1, 0.15) is 17.1 Å². The van der Waals surface area contributed by atoms with Gasteiger partial charge in [0, 0.05) is 0 Å². The van der Waals surface area contributed by atoms with E-state index in [9.17, 15) is 9.59 Å². The summed E-state index contributed by atoms with van der Waals surface area (Å²) in [5.74, 6) is -0.0511. The molecule has 0 amide bonds. The lowest BCUT2D eigenvalue weighted by Gasteiger charge is -2.06. The highest BCUT2D eigenvalue weighted by atomic mass is 32.1. The van der Waals surface area contributed by atoms with Crippen molar-refractivity contribution in [3.05, 3.63) is 58.5 Å². The number of aromatic nitrogens is 2. The topological polar surface area (TPSA) is 61.2 Å². The summed E-state index contributed by atoms with van der Waals surface area (Å²) >= 11 is 1.39. The van der Waals surface area contributed by atoms with Crippen molar-refractivity contribution >= 4 is 27.5 Å². The molecule has 0 bridgehead atoms. The number of carbonyl (C=O) groups is 1. The molecule has 0 aliphatic rings. The van der Waals surface area contributed by atoms with Crippen LogP contribution < -0.4 is 10.3 Å². The largest absolute Gasteiger partial charge is 0.425 e. The molecule has 3 aromatic rings. The van der Waals surface area contributed by atoms with Crippen LogP contribution in [-0.2, 0) is 11.3 Å². The molecule has 20 heavy (non-hydrogen) atoms. The highest BCUT2D eigenvalue weighted by molar-refractivity contribution is 7.16. The second-order valence-electron chi connectivity index (χ2n) is 4.10. The number of ether oxygens (including phenoxy) is 1. The number of rotatable bonds is 3. The molecule has 2 heterocycles. The fraction of sp³-hybridized carbons (Fsp3) is 0.0714. The van der Waals surface area contributed by atoms with Gasteiger partial charge in [-0.2, -0.15) is 0 Å². The number of carbonyl (C=O) groups excluding carboxylic acids is 1. The second kappa shape index (κ2) is 5.26. The maximum atomic E-state index is 12.1. The number of esters is 1. The molecule has 0 atom stereocenters. The third-order valence-corrected chi connectivity index (χ3v) is 3.55. The van der Waals surface area contributed by atoms with E-state index in [1.54, 1.807) is 35.7 Å². The van der Waals surface area contributed by atoms with E-state index in [4.69, 9.17) is 4.74 Å². The summed E-state index contributed by atoms with van der Waals surface area (Å²) in [5, 5.41) is 2.32. The van der Waals surface area contributed by atoms with Crippen LogP contribution in [0.3, 0.4) is 0 Å². The predicted molar refractivity (Wildman–Crippen MR) is 76.0 cm³/mol. The van der Waals surface area contributed by atoms with Gasteiger partial charge in [-0.1, -0.05) is 18.2 Å². The Bertz CT molecular complexity index is 808. The molecule has 6 heteroatoms. The van der Waals surface area contributed by atoms with Gasteiger partial charge in [-0.25, -0.2) is 9.78 Å². The number of para-hydroxylation sites is 1. The number of benzene rings is 1. The Hall–Kier alpha value is -2.47. The van der Waals surface area contributed by atoms with E-state index in [2.05, 4.69) is 4.98 Å². The van der Waals surface area contributed by atoms with E-state index in [0.717, 1.165) is 0 Å². The van der Waals surface area contributed by atoms with E-state index in [1.807, 2.05) is 6.07 Å². The molecular formula is C14H10N2O3S. The SMILES string of the molecule is O=C(Cn1cnc2sccc2c1=O)Oc1ccccc1. The van der Waals surface area contributed by atoms with Gasteiger partial charge in [0.05, 0.1) is 11.7 Å². The molecule has 3 rings (SSSR count). The zero-order valence-electron chi connectivity index (χ0n) is 10.4. The van der Waals surface area contributed by atoms with Gasteiger partial charge in [0.15, 0.2) is 0 Å². The molecule has 0 saturated heterocycles. The standard InChI is InChI=1S/C14H10N2O3S/c17-12(19-10-4-2-1-3-5-10)8-16-9-15-13-11(14(16)18)6-7-20-13/h1-7,9H,8H2. The number of thiophene rings is 1. The van der Waals surface area contributed by atoms with Gasteiger partial charge in [-0.3, -0.25) is 9.36 Å². The Kier molecular flexibility index (Phi) is 3.30. The third-order valence-electron chi connectivity index (χ3n) is 2.72. The summed E-state index contributed by atoms with van der Waals surface area (Å²) in [5.41, 5.74) is -0.235. The van der Waals surface area contributed by atoms with Gasteiger partial charge in [0.25, 0.3) is 5.56 Å². The quantitative estimate of drug-likeness (QED) is 0.546. The minimum atomic E-state index is -0.505. The lowest BCUT2D eigenvalue weighted by molar-refractivity contribution is -0.135. The number of nitrogens with zero attached hydrogens (tertiary/aromatic N) is 2. The average molecular weight is 286 g/mol. The molecule has 0 saturated carbocycles. The van der Waals surface area contributed by atoms with Crippen molar-refractivity contribution in [2.45, 2.75) is 6.54 Å². The minimum absolute atomic E-state index is 0.160. The van der Waals surface area contributed by atoms with Crippen LogP contribution in [0.15, 0.2) is 52.9 Å². The number of hydrogen-bond acceptors (Lipinski definition) is 5. The summed E-state index contributed by atoms with van der Waals surface area (Å²) in [6.45, 7) is -0.160. The van der Waals surface area contributed by atoms with Crippen molar-refractivity contribution in [1.29, 1.82) is 0 Å². The van der Waals surface area contributed by atoms with Gasteiger partial charge >= 0.3 is 5.97 Å². The van der Waals surface area contributed by atoms with Crippen LogP contribution in [0.5, 0.6) is 5.75 Å². The molecule has 100 valence electrons. The Balaban J connectivity index is 1.81. The Morgan fingerprint density at radius 2 is 2.05 bits per heavy atom. The number of hydrogen-bond donors (Lipinski definition) is 0. The maximum Gasteiger partial charge on any atom is 0.331 e. The Morgan fingerprint density at radius 1 is 1.25 bits per heavy atom. The molecule has 5 nitrogen and oxygen atoms in total. The first-order chi connectivity index (χ1) is 9.74. The smallest absolute Gasteiger partial charge is 0.331 e. The lowest BCUT2D eigenvalue weighted by atomic mass is 10.3.